The smallest absolute Gasteiger partial charge is 0.319 e. The number of benzene rings is 1. The van der Waals surface area contributed by atoms with E-state index in [1.165, 1.54) is 0 Å². The van der Waals surface area contributed by atoms with Crippen LogP contribution in [0.5, 0.6) is 5.75 Å². The van der Waals surface area contributed by atoms with Crippen LogP contribution in [0, 0.1) is 0 Å². The first-order valence-electron chi connectivity index (χ1n) is 7.62. The van der Waals surface area contributed by atoms with Crippen molar-refractivity contribution in [2.24, 2.45) is 0 Å². The van der Waals surface area contributed by atoms with Gasteiger partial charge >= 0.3 is 6.03 Å². The van der Waals surface area contributed by atoms with Gasteiger partial charge in [-0.05, 0) is 31.4 Å². The summed E-state index contributed by atoms with van der Waals surface area (Å²) in [7, 11) is 0. The second kappa shape index (κ2) is 7.31. The Morgan fingerprint density at radius 1 is 1.33 bits per heavy atom. The lowest BCUT2D eigenvalue weighted by molar-refractivity contribution is 0.0506. The zero-order valence-corrected chi connectivity index (χ0v) is 12.5. The molecule has 0 bridgehead atoms. The topological polar surface area (TPSA) is 70.6 Å². The van der Waals surface area contributed by atoms with Crippen molar-refractivity contribution < 1.29 is 14.6 Å². The fourth-order valence-corrected chi connectivity index (χ4v) is 2.53. The number of urea groups is 1. The van der Waals surface area contributed by atoms with Crippen molar-refractivity contribution in [3.63, 3.8) is 0 Å². The average Bonchev–Trinajstić information content (AvgIpc) is 2.92. The normalized spacial score (nSPS) is 16.5. The van der Waals surface area contributed by atoms with Gasteiger partial charge in [0.25, 0.3) is 0 Å². The van der Waals surface area contributed by atoms with E-state index in [0.29, 0.717) is 18.0 Å². The van der Waals surface area contributed by atoms with Crippen LogP contribution in [0.15, 0.2) is 24.3 Å². The molecule has 0 aromatic heterocycles. The van der Waals surface area contributed by atoms with Gasteiger partial charge in [0.2, 0.25) is 0 Å². The molecule has 1 saturated carbocycles. The summed E-state index contributed by atoms with van der Waals surface area (Å²) in [6.45, 7) is 2.93. The standard InChI is InChI=1S/C16H24N2O3/c1-2-11-21-14-8-4-3-7-13(14)18-15(19)17-12-16(20)9-5-6-10-16/h3-4,7-8,20H,2,5-6,9-12H2,1H3,(H2,17,18,19). The maximum absolute atomic E-state index is 11.9. The van der Waals surface area contributed by atoms with Crippen molar-refractivity contribution in [2.45, 2.75) is 44.6 Å². The quantitative estimate of drug-likeness (QED) is 0.755. The Labute approximate surface area is 125 Å². The van der Waals surface area contributed by atoms with Crippen LogP contribution in [-0.4, -0.2) is 29.9 Å². The number of nitrogens with one attached hydrogen (secondary N) is 2. The molecule has 21 heavy (non-hydrogen) atoms. The molecule has 0 aliphatic heterocycles. The van der Waals surface area contributed by atoms with Crippen molar-refractivity contribution in [2.75, 3.05) is 18.5 Å². The lowest BCUT2D eigenvalue weighted by atomic mass is 10.0. The van der Waals surface area contributed by atoms with E-state index in [9.17, 15) is 9.90 Å². The number of amides is 2. The maximum atomic E-state index is 11.9. The number of ether oxygens (including phenoxy) is 1. The second-order valence-corrected chi connectivity index (χ2v) is 5.58. The van der Waals surface area contributed by atoms with Crippen molar-refractivity contribution in [3.8, 4) is 5.75 Å². The van der Waals surface area contributed by atoms with Crippen LogP contribution < -0.4 is 15.4 Å². The molecule has 0 saturated heterocycles. The van der Waals surface area contributed by atoms with Crippen molar-refractivity contribution >= 4 is 11.7 Å². The van der Waals surface area contributed by atoms with Crippen LogP contribution in [0.3, 0.4) is 0 Å². The minimum absolute atomic E-state index is 0.289. The van der Waals surface area contributed by atoms with Crippen LogP contribution in [0.4, 0.5) is 10.5 Å². The Morgan fingerprint density at radius 3 is 2.76 bits per heavy atom. The van der Waals surface area contributed by atoms with Crippen LogP contribution in [-0.2, 0) is 0 Å². The predicted molar refractivity (Wildman–Crippen MR) is 82.7 cm³/mol. The first-order valence-corrected chi connectivity index (χ1v) is 7.62. The average molecular weight is 292 g/mol. The highest BCUT2D eigenvalue weighted by Gasteiger charge is 2.31. The van der Waals surface area contributed by atoms with Gasteiger partial charge in [-0.2, -0.15) is 0 Å². The Balaban J connectivity index is 1.87. The fourth-order valence-electron chi connectivity index (χ4n) is 2.53. The van der Waals surface area contributed by atoms with E-state index in [4.69, 9.17) is 4.74 Å². The summed E-state index contributed by atoms with van der Waals surface area (Å²) < 4.78 is 5.59. The molecule has 0 radical (unpaired) electrons. The summed E-state index contributed by atoms with van der Waals surface area (Å²) in [4.78, 5) is 11.9. The minimum Gasteiger partial charge on any atom is -0.491 e. The van der Waals surface area contributed by atoms with E-state index in [1.807, 2.05) is 25.1 Å². The van der Waals surface area contributed by atoms with E-state index < -0.39 is 5.60 Å². The predicted octanol–water partition coefficient (Wildman–Crippen LogP) is 2.90. The van der Waals surface area contributed by atoms with E-state index in [1.54, 1.807) is 6.07 Å². The third-order valence-electron chi connectivity index (χ3n) is 3.71. The fraction of sp³-hybridized carbons (Fsp3) is 0.562. The number of aliphatic hydroxyl groups is 1. The van der Waals surface area contributed by atoms with Gasteiger partial charge in [-0.1, -0.05) is 31.9 Å². The molecule has 1 aliphatic carbocycles. The van der Waals surface area contributed by atoms with Gasteiger partial charge in [0.05, 0.1) is 17.9 Å². The van der Waals surface area contributed by atoms with E-state index in [0.717, 1.165) is 32.1 Å². The number of rotatable bonds is 6. The van der Waals surface area contributed by atoms with Gasteiger partial charge in [0.1, 0.15) is 5.75 Å². The summed E-state index contributed by atoms with van der Waals surface area (Å²) in [5, 5.41) is 15.7. The molecule has 0 heterocycles. The molecule has 3 N–H and O–H groups in total. The van der Waals surface area contributed by atoms with Crippen molar-refractivity contribution in [3.05, 3.63) is 24.3 Å². The SMILES string of the molecule is CCCOc1ccccc1NC(=O)NCC1(O)CCCC1. The lowest BCUT2D eigenvalue weighted by Gasteiger charge is -2.22. The molecule has 1 aromatic carbocycles. The summed E-state index contributed by atoms with van der Waals surface area (Å²) in [5.74, 6) is 0.661. The summed E-state index contributed by atoms with van der Waals surface area (Å²) in [6.07, 6.45) is 4.46. The highest BCUT2D eigenvalue weighted by Crippen LogP contribution is 2.28. The Morgan fingerprint density at radius 2 is 2.05 bits per heavy atom. The number of para-hydroxylation sites is 2. The summed E-state index contributed by atoms with van der Waals surface area (Å²) in [5.41, 5.74) is -0.0999. The van der Waals surface area contributed by atoms with Crippen LogP contribution in [0.1, 0.15) is 39.0 Å². The zero-order valence-electron chi connectivity index (χ0n) is 12.5. The number of hydrogen-bond acceptors (Lipinski definition) is 3. The molecule has 0 atom stereocenters. The van der Waals surface area contributed by atoms with Crippen molar-refractivity contribution in [1.29, 1.82) is 0 Å². The Kier molecular flexibility index (Phi) is 5.44. The molecule has 1 aliphatic rings. The lowest BCUT2D eigenvalue weighted by Crippen LogP contribution is -2.42. The van der Waals surface area contributed by atoms with Gasteiger partial charge in [0.15, 0.2) is 0 Å². The third-order valence-corrected chi connectivity index (χ3v) is 3.71. The van der Waals surface area contributed by atoms with Gasteiger partial charge in [-0.15, -0.1) is 0 Å². The number of anilines is 1. The summed E-state index contributed by atoms with van der Waals surface area (Å²) in [6, 6.07) is 7.03. The number of hydrogen-bond donors (Lipinski definition) is 3. The third kappa shape index (κ3) is 4.63. The first-order chi connectivity index (χ1) is 10.1. The van der Waals surface area contributed by atoms with Crippen LogP contribution in [0.2, 0.25) is 0 Å². The molecule has 0 unspecified atom stereocenters. The van der Waals surface area contributed by atoms with Crippen LogP contribution >= 0.6 is 0 Å². The van der Waals surface area contributed by atoms with Crippen LogP contribution in [0.25, 0.3) is 0 Å². The molecule has 5 nitrogen and oxygen atoms in total. The van der Waals surface area contributed by atoms with E-state index in [-0.39, 0.29) is 12.6 Å². The minimum atomic E-state index is -0.741. The number of carbonyl (C=O) groups excluding carboxylic acids is 1. The molecular weight excluding hydrogens is 268 g/mol. The van der Waals surface area contributed by atoms with E-state index in [2.05, 4.69) is 10.6 Å². The van der Waals surface area contributed by atoms with Gasteiger partial charge in [-0.3, -0.25) is 0 Å². The monoisotopic (exact) mass is 292 g/mol. The zero-order chi connectivity index (χ0) is 15.1. The molecule has 1 fully saturated rings. The Bertz CT molecular complexity index is 470. The molecule has 1 aromatic rings. The van der Waals surface area contributed by atoms with E-state index >= 15 is 0 Å². The first kappa shape index (κ1) is 15.6. The second-order valence-electron chi connectivity index (χ2n) is 5.58. The number of carbonyl (C=O) groups is 1. The summed E-state index contributed by atoms with van der Waals surface area (Å²) >= 11 is 0. The molecule has 2 rings (SSSR count). The molecule has 116 valence electrons. The maximum Gasteiger partial charge on any atom is 0.319 e. The molecule has 0 spiro atoms. The van der Waals surface area contributed by atoms with Crippen molar-refractivity contribution in [1.82, 2.24) is 5.32 Å². The Hall–Kier alpha value is -1.75. The largest absolute Gasteiger partial charge is 0.491 e. The van der Waals surface area contributed by atoms with Gasteiger partial charge in [0, 0.05) is 6.54 Å². The van der Waals surface area contributed by atoms with Gasteiger partial charge in [-0.25, -0.2) is 4.79 Å². The highest BCUT2D eigenvalue weighted by molar-refractivity contribution is 5.90. The molecule has 5 heteroatoms. The highest BCUT2D eigenvalue weighted by atomic mass is 16.5. The van der Waals surface area contributed by atoms with Gasteiger partial charge < -0.3 is 20.5 Å². The molecular formula is C16H24N2O3. The molecule has 2 amide bonds.